The molecule has 1 amide bonds. The number of benzene rings is 1. The molecule has 174 valence electrons. The quantitative estimate of drug-likeness (QED) is 0.572. The van der Waals surface area contributed by atoms with Crippen molar-refractivity contribution in [3.63, 3.8) is 0 Å². The van der Waals surface area contributed by atoms with E-state index in [0.717, 1.165) is 54.9 Å². The number of nitrogens with zero attached hydrogens (tertiary/aromatic N) is 7. The minimum Gasteiger partial charge on any atom is -0.497 e. The third-order valence-corrected chi connectivity index (χ3v) is 6.61. The predicted molar refractivity (Wildman–Crippen MR) is 127 cm³/mol. The molecular weight excluding hydrogens is 418 g/mol. The fourth-order valence-electron chi connectivity index (χ4n) is 4.67. The number of methoxy groups -OCH3 is 1. The molecule has 0 N–H and O–H groups in total. The second-order valence-electron chi connectivity index (χ2n) is 8.69. The number of anilines is 2. The zero-order valence-corrected chi connectivity index (χ0v) is 19.2. The summed E-state index contributed by atoms with van der Waals surface area (Å²) in [5, 5.41) is 13.3. The van der Waals surface area contributed by atoms with Gasteiger partial charge in [-0.1, -0.05) is 6.07 Å². The molecule has 33 heavy (non-hydrogen) atoms. The summed E-state index contributed by atoms with van der Waals surface area (Å²) in [5.41, 5.74) is 1.86. The molecule has 2 aromatic heterocycles. The predicted octanol–water partition coefficient (Wildman–Crippen LogP) is 2.40. The maximum Gasteiger partial charge on any atom is 0.223 e. The van der Waals surface area contributed by atoms with Crippen molar-refractivity contribution in [2.75, 3.05) is 56.2 Å². The molecule has 9 nitrogen and oxygen atoms in total. The van der Waals surface area contributed by atoms with Gasteiger partial charge in [-0.15, -0.1) is 15.3 Å². The molecule has 0 radical (unpaired) electrons. The summed E-state index contributed by atoms with van der Waals surface area (Å²) in [5.74, 6) is 2.71. The van der Waals surface area contributed by atoms with Gasteiger partial charge in [0.25, 0.3) is 0 Å². The Morgan fingerprint density at radius 3 is 2.55 bits per heavy atom. The average molecular weight is 450 g/mol. The summed E-state index contributed by atoms with van der Waals surface area (Å²) in [7, 11) is 1.68. The number of hydrogen-bond donors (Lipinski definition) is 0. The molecule has 9 heteroatoms. The highest BCUT2D eigenvalue weighted by atomic mass is 16.5. The van der Waals surface area contributed by atoms with Crippen LogP contribution in [-0.4, -0.2) is 77.0 Å². The Morgan fingerprint density at radius 2 is 1.76 bits per heavy atom. The van der Waals surface area contributed by atoms with Gasteiger partial charge in [-0.2, -0.15) is 4.52 Å². The second kappa shape index (κ2) is 9.64. The Bertz CT molecular complexity index is 1100. The number of aromatic nitrogens is 4. The van der Waals surface area contributed by atoms with Gasteiger partial charge in [0.2, 0.25) is 5.91 Å². The van der Waals surface area contributed by atoms with Crippen molar-refractivity contribution in [3.8, 4) is 5.75 Å². The molecule has 0 atom stereocenters. The molecule has 5 rings (SSSR count). The number of piperazine rings is 1. The van der Waals surface area contributed by atoms with Crippen LogP contribution in [0.1, 0.15) is 31.5 Å². The standard InChI is InChI=1S/C24H31N7O2/c1-33-20-7-5-6-19(18-20)28-14-16-30(17-15-28)24(32)11-10-22-26-25-21-8-9-23(27-31(21)22)29-12-3-2-4-13-29/h5-9,18H,2-4,10-17H2,1H3. The van der Waals surface area contributed by atoms with Gasteiger partial charge in [-0.25, -0.2) is 0 Å². The topological polar surface area (TPSA) is 79.1 Å². The van der Waals surface area contributed by atoms with Gasteiger partial charge in [-0.05, 0) is 43.5 Å². The minimum atomic E-state index is 0.157. The molecule has 3 aromatic rings. The number of carbonyl (C=O) groups excluding carboxylic acids is 1. The van der Waals surface area contributed by atoms with E-state index in [4.69, 9.17) is 9.84 Å². The van der Waals surface area contributed by atoms with E-state index in [0.29, 0.717) is 25.9 Å². The van der Waals surface area contributed by atoms with Crippen LogP contribution in [0, 0.1) is 0 Å². The van der Waals surface area contributed by atoms with Crippen molar-refractivity contribution in [2.45, 2.75) is 32.1 Å². The summed E-state index contributed by atoms with van der Waals surface area (Å²) in [6, 6.07) is 12.1. The van der Waals surface area contributed by atoms with E-state index in [1.54, 1.807) is 11.6 Å². The molecule has 2 saturated heterocycles. The summed E-state index contributed by atoms with van der Waals surface area (Å²) in [6.07, 6.45) is 4.64. The number of ether oxygens (including phenoxy) is 1. The van der Waals surface area contributed by atoms with Gasteiger partial charge in [0.05, 0.1) is 7.11 Å². The number of fused-ring (bicyclic) bond motifs is 1. The lowest BCUT2D eigenvalue weighted by atomic mass is 10.1. The lowest BCUT2D eigenvalue weighted by Crippen LogP contribution is -2.48. The van der Waals surface area contributed by atoms with E-state index in [9.17, 15) is 4.79 Å². The maximum atomic E-state index is 12.9. The van der Waals surface area contributed by atoms with Gasteiger partial charge in [-0.3, -0.25) is 4.79 Å². The number of amides is 1. The molecule has 0 bridgehead atoms. The first-order chi connectivity index (χ1) is 16.2. The third kappa shape index (κ3) is 4.72. The van der Waals surface area contributed by atoms with Crippen LogP contribution in [-0.2, 0) is 11.2 Å². The van der Waals surface area contributed by atoms with E-state index in [-0.39, 0.29) is 5.91 Å². The summed E-state index contributed by atoms with van der Waals surface area (Å²) in [4.78, 5) is 19.5. The van der Waals surface area contributed by atoms with Crippen LogP contribution in [0.25, 0.3) is 5.65 Å². The van der Waals surface area contributed by atoms with E-state index in [2.05, 4.69) is 26.1 Å². The highest BCUT2D eigenvalue weighted by Gasteiger charge is 2.22. The Kier molecular flexibility index (Phi) is 6.28. The summed E-state index contributed by atoms with van der Waals surface area (Å²) in [6.45, 7) is 5.13. The highest BCUT2D eigenvalue weighted by molar-refractivity contribution is 5.76. The van der Waals surface area contributed by atoms with Crippen molar-refractivity contribution in [3.05, 3.63) is 42.2 Å². The van der Waals surface area contributed by atoms with Crippen molar-refractivity contribution < 1.29 is 9.53 Å². The average Bonchev–Trinajstić information content (AvgIpc) is 3.30. The van der Waals surface area contributed by atoms with Crippen LogP contribution in [0.4, 0.5) is 11.5 Å². The Labute approximate surface area is 193 Å². The maximum absolute atomic E-state index is 12.9. The minimum absolute atomic E-state index is 0.157. The molecule has 2 aliphatic rings. The fraction of sp³-hybridized carbons (Fsp3) is 0.500. The molecule has 0 spiro atoms. The number of rotatable bonds is 6. The van der Waals surface area contributed by atoms with E-state index < -0.39 is 0 Å². The number of piperidine rings is 1. The van der Waals surface area contributed by atoms with Gasteiger partial charge in [0.1, 0.15) is 11.6 Å². The van der Waals surface area contributed by atoms with E-state index in [1.165, 1.54) is 19.3 Å². The van der Waals surface area contributed by atoms with Gasteiger partial charge < -0.3 is 19.4 Å². The van der Waals surface area contributed by atoms with Crippen LogP contribution in [0.5, 0.6) is 5.75 Å². The Balaban J connectivity index is 1.18. The van der Waals surface area contributed by atoms with E-state index >= 15 is 0 Å². The van der Waals surface area contributed by atoms with Crippen molar-refractivity contribution in [1.82, 2.24) is 24.7 Å². The van der Waals surface area contributed by atoms with Crippen LogP contribution >= 0.6 is 0 Å². The summed E-state index contributed by atoms with van der Waals surface area (Å²) < 4.78 is 7.14. The summed E-state index contributed by atoms with van der Waals surface area (Å²) >= 11 is 0. The smallest absolute Gasteiger partial charge is 0.223 e. The zero-order chi connectivity index (χ0) is 22.6. The van der Waals surface area contributed by atoms with Crippen molar-refractivity contribution >= 4 is 23.1 Å². The van der Waals surface area contributed by atoms with E-state index in [1.807, 2.05) is 35.2 Å². The van der Waals surface area contributed by atoms with Gasteiger partial charge in [0.15, 0.2) is 11.5 Å². The molecule has 2 fully saturated rings. The first-order valence-corrected chi connectivity index (χ1v) is 11.8. The lowest BCUT2D eigenvalue weighted by molar-refractivity contribution is -0.131. The second-order valence-corrected chi connectivity index (χ2v) is 8.69. The molecule has 4 heterocycles. The van der Waals surface area contributed by atoms with Crippen LogP contribution in [0.3, 0.4) is 0 Å². The molecule has 2 aliphatic heterocycles. The molecule has 0 saturated carbocycles. The monoisotopic (exact) mass is 449 g/mol. The van der Waals surface area contributed by atoms with Crippen LogP contribution in [0.2, 0.25) is 0 Å². The van der Waals surface area contributed by atoms with Gasteiger partial charge >= 0.3 is 0 Å². The largest absolute Gasteiger partial charge is 0.497 e. The van der Waals surface area contributed by atoms with Gasteiger partial charge in [0, 0.05) is 63.9 Å². The Hall–Kier alpha value is -3.36. The number of aryl methyl sites for hydroxylation is 1. The fourth-order valence-corrected chi connectivity index (χ4v) is 4.67. The highest BCUT2D eigenvalue weighted by Crippen LogP contribution is 2.22. The SMILES string of the molecule is COc1cccc(N2CCN(C(=O)CCc3nnc4ccc(N5CCCCC5)nn34)CC2)c1. The molecule has 0 aliphatic carbocycles. The first-order valence-electron chi connectivity index (χ1n) is 11.8. The van der Waals surface area contributed by atoms with Crippen molar-refractivity contribution in [2.24, 2.45) is 0 Å². The third-order valence-electron chi connectivity index (χ3n) is 6.61. The Morgan fingerprint density at radius 1 is 0.939 bits per heavy atom. The first kappa shape index (κ1) is 21.5. The molecule has 1 aromatic carbocycles. The number of carbonyl (C=O) groups is 1. The normalized spacial score (nSPS) is 16.9. The zero-order valence-electron chi connectivity index (χ0n) is 19.2. The van der Waals surface area contributed by atoms with Crippen LogP contribution < -0.4 is 14.5 Å². The van der Waals surface area contributed by atoms with Crippen LogP contribution in [0.15, 0.2) is 36.4 Å². The van der Waals surface area contributed by atoms with Crippen molar-refractivity contribution in [1.29, 1.82) is 0 Å². The lowest BCUT2D eigenvalue weighted by Gasteiger charge is -2.36. The molecular formula is C24H31N7O2. The number of hydrogen-bond acceptors (Lipinski definition) is 7. The molecule has 0 unspecified atom stereocenters.